The molecule has 3 N–H and O–H groups in total. The van der Waals surface area contributed by atoms with E-state index in [0.717, 1.165) is 18.8 Å². The van der Waals surface area contributed by atoms with Crippen molar-refractivity contribution in [3.8, 4) is 17.2 Å². The monoisotopic (exact) mass is 387 g/mol. The second-order valence-electron chi connectivity index (χ2n) is 6.24. The van der Waals surface area contributed by atoms with Crippen molar-refractivity contribution < 1.29 is 23.7 Å². The van der Waals surface area contributed by atoms with Crippen molar-refractivity contribution in [1.82, 2.24) is 0 Å². The number of carbonyl (C=O) groups excluding carboxylic acids is 1. The first-order valence-electron chi connectivity index (χ1n) is 8.91. The quantitative estimate of drug-likeness (QED) is 0.735. The molecule has 2 aromatic carbocycles. The van der Waals surface area contributed by atoms with Crippen LogP contribution in [0.15, 0.2) is 30.3 Å². The van der Waals surface area contributed by atoms with Crippen LogP contribution in [0, 0.1) is 0 Å². The van der Waals surface area contributed by atoms with Gasteiger partial charge < -0.3 is 34.9 Å². The number of rotatable bonds is 6. The van der Waals surface area contributed by atoms with Gasteiger partial charge in [0.25, 0.3) is 5.91 Å². The van der Waals surface area contributed by atoms with Crippen LogP contribution in [0.4, 0.5) is 17.1 Å². The highest BCUT2D eigenvalue weighted by molar-refractivity contribution is 6.07. The molecule has 8 nitrogen and oxygen atoms in total. The summed E-state index contributed by atoms with van der Waals surface area (Å²) in [4.78, 5) is 15.1. The van der Waals surface area contributed by atoms with Crippen molar-refractivity contribution in [3.05, 3.63) is 35.9 Å². The number of amides is 1. The van der Waals surface area contributed by atoms with Gasteiger partial charge in [-0.05, 0) is 30.3 Å². The summed E-state index contributed by atoms with van der Waals surface area (Å²) in [5, 5.41) is 2.95. The van der Waals surface area contributed by atoms with Crippen molar-refractivity contribution in [2.24, 2.45) is 0 Å². The smallest absolute Gasteiger partial charge is 0.255 e. The zero-order chi connectivity index (χ0) is 20.1. The van der Waals surface area contributed by atoms with Gasteiger partial charge in [0.2, 0.25) is 5.75 Å². The van der Waals surface area contributed by atoms with E-state index in [0.29, 0.717) is 47.4 Å². The number of benzene rings is 2. The number of ether oxygens (including phenoxy) is 4. The fourth-order valence-corrected chi connectivity index (χ4v) is 3.14. The first kappa shape index (κ1) is 19.6. The van der Waals surface area contributed by atoms with Crippen LogP contribution in [0.2, 0.25) is 0 Å². The average molecular weight is 387 g/mol. The van der Waals surface area contributed by atoms with Gasteiger partial charge in [0.1, 0.15) is 0 Å². The molecule has 1 fully saturated rings. The molecule has 0 aromatic heterocycles. The fourth-order valence-electron chi connectivity index (χ4n) is 3.14. The minimum Gasteiger partial charge on any atom is -0.493 e. The summed E-state index contributed by atoms with van der Waals surface area (Å²) in [6, 6.07) is 8.70. The zero-order valence-corrected chi connectivity index (χ0v) is 16.3. The third-order valence-corrected chi connectivity index (χ3v) is 4.55. The SMILES string of the molecule is COc1cc(C(=O)Nc2cc(N)ccc2N2CCOCC2)cc(OC)c1OC. The summed E-state index contributed by atoms with van der Waals surface area (Å²) in [5.41, 5.74) is 8.44. The average Bonchev–Trinajstić information content (AvgIpc) is 2.73. The summed E-state index contributed by atoms with van der Waals surface area (Å²) in [5.74, 6) is 0.944. The third-order valence-electron chi connectivity index (χ3n) is 4.55. The predicted octanol–water partition coefficient (Wildman–Crippen LogP) is 2.38. The maximum atomic E-state index is 12.9. The van der Waals surface area contributed by atoms with Gasteiger partial charge in [-0.25, -0.2) is 0 Å². The van der Waals surface area contributed by atoms with E-state index in [2.05, 4.69) is 10.2 Å². The van der Waals surface area contributed by atoms with E-state index in [1.54, 1.807) is 18.2 Å². The number of hydrogen-bond donors (Lipinski definition) is 2. The van der Waals surface area contributed by atoms with Crippen LogP contribution in [0.1, 0.15) is 10.4 Å². The van der Waals surface area contributed by atoms with Gasteiger partial charge in [0, 0.05) is 24.3 Å². The number of nitrogen functional groups attached to an aromatic ring is 1. The van der Waals surface area contributed by atoms with Crippen molar-refractivity contribution in [2.75, 3.05) is 63.6 Å². The molecule has 8 heteroatoms. The molecule has 1 aliphatic heterocycles. The number of methoxy groups -OCH3 is 3. The van der Waals surface area contributed by atoms with E-state index in [4.69, 9.17) is 24.7 Å². The number of nitrogens with one attached hydrogen (secondary N) is 1. The van der Waals surface area contributed by atoms with E-state index < -0.39 is 0 Å². The minimum absolute atomic E-state index is 0.306. The van der Waals surface area contributed by atoms with Crippen LogP contribution in [0.3, 0.4) is 0 Å². The topological polar surface area (TPSA) is 95.3 Å². The van der Waals surface area contributed by atoms with Crippen LogP contribution in [-0.2, 0) is 4.74 Å². The van der Waals surface area contributed by atoms with Crippen LogP contribution in [0.5, 0.6) is 17.2 Å². The summed E-state index contributed by atoms with van der Waals surface area (Å²) in [6.07, 6.45) is 0. The molecule has 150 valence electrons. The van der Waals surface area contributed by atoms with Crippen molar-refractivity contribution in [3.63, 3.8) is 0 Å². The summed E-state index contributed by atoms with van der Waals surface area (Å²) >= 11 is 0. The third kappa shape index (κ3) is 4.07. The molecule has 0 bridgehead atoms. The van der Waals surface area contributed by atoms with Crippen LogP contribution >= 0.6 is 0 Å². The molecule has 0 unspecified atom stereocenters. The molecule has 2 aromatic rings. The first-order chi connectivity index (χ1) is 13.6. The predicted molar refractivity (Wildman–Crippen MR) is 108 cm³/mol. The second kappa shape index (κ2) is 8.71. The van der Waals surface area contributed by atoms with E-state index in [1.165, 1.54) is 21.3 Å². The number of nitrogens with zero attached hydrogens (tertiary/aromatic N) is 1. The lowest BCUT2D eigenvalue weighted by molar-refractivity contribution is 0.102. The number of anilines is 3. The Hall–Kier alpha value is -3.13. The van der Waals surface area contributed by atoms with Crippen molar-refractivity contribution in [2.45, 2.75) is 0 Å². The Morgan fingerprint density at radius 2 is 1.68 bits per heavy atom. The van der Waals surface area contributed by atoms with Crippen molar-refractivity contribution in [1.29, 1.82) is 0 Å². The maximum absolute atomic E-state index is 12.9. The Morgan fingerprint density at radius 3 is 2.25 bits per heavy atom. The molecule has 1 heterocycles. The van der Waals surface area contributed by atoms with Gasteiger partial charge >= 0.3 is 0 Å². The Kier molecular flexibility index (Phi) is 6.10. The van der Waals surface area contributed by atoms with Crippen molar-refractivity contribution >= 4 is 23.0 Å². The summed E-state index contributed by atoms with van der Waals surface area (Å²) in [7, 11) is 4.53. The molecule has 0 radical (unpaired) electrons. The minimum atomic E-state index is -0.306. The van der Waals surface area contributed by atoms with Gasteiger partial charge in [0.15, 0.2) is 11.5 Å². The van der Waals surface area contributed by atoms with E-state index in [1.807, 2.05) is 12.1 Å². The highest BCUT2D eigenvalue weighted by atomic mass is 16.5. The largest absolute Gasteiger partial charge is 0.493 e. The molecule has 1 saturated heterocycles. The maximum Gasteiger partial charge on any atom is 0.255 e. The lowest BCUT2D eigenvalue weighted by Crippen LogP contribution is -2.36. The molecule has 0 atom stereocenters. The zero-order valence-electron chi connectivity index (χ0n) is 16.3. The van der Waals surface area contributed by atoms with Gasteiger partial charge in [-0.1, -0.05) is 0 Å². The molecule has 0 aliphatic carbocycles. The molecule has 1 amide bonds. The van der Waals surface area contributed by atoms with E-state index in [9.17, 15) is 4.79 Å². The van der Waals surface area contributed by atoms with E-state index >= 15 is 0 Å². The molecule has 3 rings (SSSR count). The highest BCUT2D eigenvalue weighted by Crippen LogP contribution is 2.38. The number of nitrogens with two attached hydrogens (primary N) is 1. The number of carbonyl (C=O) groups is 1. The van der Waals surface area contributed by atoms with E-state index in [-0.39, 0.29) is 5.91 Å². The van der Waals surface area contributed by atoms with Crippen LogP contribution in [0.25, 0.3) is 0 Å². The normalized spacial score (nSPS) is 13.8. The van der Waals surface area contributed by atoms with Gasteiger partial charge in [-0.15, -0.1) is 0 Å². The summed E-state index contributed by atoms with van der Waals surface area (Å²) < 4.78 is 21.4. The van der Waals surface area contributed by atoms with Gasteiger partial charge in [-0.3, -0.25) is 4.79 Å². The van der Waals surface area contributed by atoms with Crippen LogP contribution < -0.4 is 30.2 Å². The Bertz CT molecular complexity index is 825. The lowest BCUT2D eigenvalue weighted by atomic mass is 10.1. The Labute approximate surface area is 164 Å². The first-order valence-corrected chi connectivity index (χ1v) is 8.91. The second-order valence-corrected chi connectivity index (χ2v) is 6.24. The van der Waals surface area contributed by atoms with Gasteiger partial charge in [-0.2, -0.15) is 0 Å². The van der Waals surface area contributed by atoms with Crippen LogP contribution in [-0.4, -0.2) is 53.5 Å². The number of morpholine rings is 1. The lowest BCUT2D eigenvalue weighted by Gasteiger charge is -2.30. The van der Waals surface area contributed by atoms with Gasteiger partial charge in [0.05, 0.1) is 45.9 Å². The molecular weight excluding hydrogens is 362 g/mol. The number of hydrogen-bond acceptors (Lipinski definition) is 7. The molecular formula is C20H25N3O5. The Morgan fingerprint density at radius 1 is 1.04 bits per heavy atom. The summed E-state index contributed by atoms with van der Waals surface area (Å²) in [6.45, 7) is 2.78. The fraction of sp³-hybridized carbons (Fsp3) is 0.350. The molecule has 28 heavy (non-hydrogen) atoms. The molecule has 1 aliphatic rings. The standard InChI is InChI=1S/C20H25N3O5/c1-25-17-10-13(11-18(26-2)19(17)27-3)20(24)22-15-12-14(21)4-5-16(15)23-6-8-28-9-7-23/h4-5,10-12H,6-9,21H2,1-3H3,(H,22,24). The Balaban J connectivity index is 1.92. The molecule has 0 spiro atoms. The molecule has 0 saturated carbocycles. The highest BCUT2D eigenvalue weighted by Gasteiger charge is 2.20.